The Balaban J connectivity index is 1.94. The molecule has 1 fully saturated rings. The Bertz CT molecular complexity index is 729. The highest BCUT2D eigenvalue weighted by Crippen LogP contribution is 2.15. The summed E-state index contributed by atoms with van der Waals surface area (Å²) in [5.74, 6) is -2.16. The first-order valence-corrected chi connectivity index (χ1v) is 10.3. The van der Waals surface area contributed by atoms with Gasteiger partial charge in [0.2, 0.25) is 17.6 Å². The fraction of sp³-hybridized carbons (Fsp3) is 0.545. The van der Waals surface area contributed by atoms with E-state index < -0.39 is 23.8 Å². The van der Waals surface area contributed by atoms with Crippen molar-refractivity contribution in [3.05, 3.63) is 35.9 Å². The van der Waals surface area contributed by atoms with Crippen LogP contribution in [0.4, 0.5) is 0 Å². The average Bonchev–Trinajstić information content (AvgIpc) is 3.25. The van der Waals surface area contributed by atoms with Gasteiger partial charge in [0.1, 0.15) is 6.04 Å². The molecule has 0 radical (unpaired) electrons. The highest BCUT2D eigenvalue weighted by Gasteiger charge is 2.33. The van der Waals surface area contributed by atoms with Crippen molar-refractivity contribution in [2.24, 2.45) is 5.92 Å². The Labute approximate surface area is 172 Å². The molecule has 0 aromatic heterocycles. The molecule has 3 atom stereocenters. The summed E-state index contributed by atoms with van der Waals surface area (Å²) in [5, 5.41) is 5.18. The molecule has 1 aromatic rings. The molecule has 0 saturated carbocycles. The van der Waals surface area contributed by atoms with Gasteiger partial charge < -0.3 is 15.5 Å². The Morgan fingerprint density at radius 1 is 1.00 bits per heavy atom. The minimum atomic E-state index is -0.967. The zero-order valence-corrected chi connectivity index (χ0v) is 17.4. The molecule has 1 aliphatic heterocycles. The molecule has 158 valence electrons. The van der Waals surface area contributed by atoms with Crippen molar-refractivity contribution in [1.82, 2.24) is 15.5 Å². The first kappa shape index (κ1) is 22.6. The number of carbonyl (C=O) groups is 4. The van der Waals surface area contributed by atoms with Crippen molar-refractivity contribution in [2.75, 3.05) is 13.1 Å². The zero-order valence-electron chi connectivity index (χ0n) is 17.4. The summed E-state index contributed by atoms with van der Waals surface area (Å²) >= 11 is 0. The van der Waals surface area contributed by atoms with Crippen molar-refractivity contribution in [2.45, 2.75) is 58.5 Å². The monoisotopic (exact) mass is 401 g/mol. The fourth-order valence-corrected chi connectivity index (χ4v) is 3.37. The van der Waals surface area contributed by atoms with E-state index in [4.69, 9.17) is 0 Å². The average molecular weight is 402 g/mol. The molecule has 1 aliphatic rings. The molecular weight excluding hydrogens is 370 g/mol. The number of likely N-dealkylation sites (tertiary alicyclic amines) is 1. The summed E-state index contributed by atoms with van der Waals surface area (Å²) in [7, 11) is 0. The molecule has 0 bridgehead atoms. The quantitative estimate of drug-likeness (QED) is 0.613. The standard InChI is InChI=1S/C22H31N3O4/c1-4-15(2)19(22(29)25-12-8-9-13-25)24-21(28)20(27)16(3)23-18(26)14-17-10-6-5-7-11-17/h5-7,10-11,15-16,19H,4,8-9,12-14H2,1-3H3,(H,23,26)(H,24,28)/t15-,16?,19-/m0/s1. The predicted octanol–water partition coefficient (Wildman–Crippen LogP) is 1.46. The number of hydrogen-bond donors (Lipinski definition) is 2. The summed E-state index contributed by atoms with van der Waals surface area (Å²) < 4.78 is 0. The number of hydrogen-bond acceptors (Lipinski definition) is 4. The lowest BCUT2D eigenvalue weighted by molar-refractivity contribution is -0.143. The van der Waals surface area contributed by atoms with E-state index >= 15 is 0 Å². The third-order valence-electron chi connectivity index (χ3n) is 5.39. The van der Waals surface area contributed by atoms with E-state index in [9.17, 15) is 19.2 Å². The Morgan fingerprint density at radius 3 is 2.21 bits per heavy atom. The van der Waals surface area contributed by atoms with E-state index in [1.807, 2.05) is 44.2 Å². The number of carbonyl (C=O) groups excluding carboxylic acids is 4. The van der Waals surface area contributed by atoms with Gasteiger partial charge in [0, 0.05) is 13.1 Å². The van der Waals surface area contributed by atoms with Gasteiger partial charge in [-0.3, -0.25) is 19.2 Å². The highest BCUT2D eigenvalue weighted by atomic mass is 16.2. The van der Waals surface area contributed by atoms with E-state index in [1.54, 1.807) is 4.90 Å². The molecule has 2 N–H and O–H groups in total. The van der Waals surface area contributed by atoms with Crippen LogP contribution in [0, 0.1) is 5.92 Å². The predicted molar refractivity (Wildman–Crippen MR) is 110 cm³/mol. The maximum absolute atomic E-state index is 12.8. The Morgan fingerprint density at radius 2 is 1.62 bits per heavy atom. The van der Waals surface area contributed by atoms with Crippen LogP contribution in [0.5, 0.6) is 0 Å². The number of nitrogens with zero attached hydrogens (tertiary/aromatic N) is 1. The van der Waals surface area contributed by atoms with Crippen LogP contribution >= 0.6 is 0 Å². The van der Waals surface area contributed by atoms with Gasteiger partial charge in [-0.15, -0.1) is 0 Å². The Kier molecular flexibility index (Phi) is 8.36. The molecule has 2 rings (SSSR count). The van der Waals surface area contributed by atoms with Crippen LogP contribution in [-0.2, 0) is 25.6 Å². The smallest absolute Gasteiger partial charge is 0.290 e. The minimum absolute atomic E-state index is 0.0946. The first-order chi connectivity index (χ1) is 13.8. The largest absolute Gasteiger partial charge is 0.346 e. The Hall–Kier alpha value is -2.70. The molecule has 1 unspecified atom stereocenters. The van der Waals surface area contributed by atoms with Crippen molar-refractivity contribution in [1.29, 1.82) is 0 Å². The van der Waals surface area contributed by atoms with Gasteiger partial charge in [0.15, 0.2) is 0 Å². The summed E-state index contributed by atoms with van der Waals surface area (Å²) in [4.78, 5) is 51.6. The lowest BCUT2D eigenvalue weighted by Gasteiger charge is -2.28. The zero-order chi connectivity index (χ0) is 21.4. The third-order valence-corrected chi connectivity index (χ3v) is 5.39. The fourth-order valence-electron chi connectivity index (χ4n) is 3.37. The lowest BCUT2D eigenvalue weighted by Crippen LogP contribution is -2.55. The maximum atomic E-state index is 12.8. The number of ketones is 1. The van der Waals surface area contributed by atoms with Crippen LogP contribution in [0.1, 0.15) is 45.6 Å². The molecule has 7 heteroatoms. The van der Waals surface area contributed by atoms with E-state index in [-0.39, 0.29) is 24.2 Å². The molecular formula is C22H31N3O4. The summed E-state index contributed by atoms with van der Waals surface area (Å²) in [5.41, 5.74) is 0.821. The molecule has 29 heavy (non-hydrogen) atoms. The van der Waals surface area contributed by atoms with Crippen molar-refractivity contribution in [3.8, 4) is 0 Å². The number of nitrogens with one attached hydrogen (secondary N) is 2. The van der Waals surface area contributed by atoms with Crippen LogP contribution in [0.3, 0.4) is 0 Å². The number of benzene rings is 1. The minimum Gasteiger partial charge on any atom is -0.346 e. The molecule has 1 aromatic carbocycles. The summed E-state index contributed by atoms with van der Waals surface area (Å²) in [6, 6.07) is 7.45. The van der Waals surface area contributed by atoms with Crippen molar-refractivity contribution in [3.63, 3.8) is 0 Å². The summed E-state index contributed by atoms with van der Waals surface area (Å²) in [6.07, 6.45) is 2.73. The second-order valence-corrected chi connectivity index (χ2v) is 7.68. The van der Waals surface area contributed by atoms with Crippen LogP contribution < -0.4 is 10.6 Å². The molecule has 3 amide bonds. The van der Waals surface area contributed by atoms with Crippen LogP contribution in [0.2, 0.25) is 0 Å². The molecule has 1 heterocycles. The van der Waals surface area contributed by atoms with E-state index in [0.717, 1.165) is 18.4 Å². The van der Waals surface area contributed by atoms with Crippen molar-refractivity contribution >= 4 is 23.5 Å². The molecule has 0 spiro atoms. The topological polar surface area (TPSA) is 95.6 Å². The summed E-state index contributed by atoms with van der Waals surface area (Å²) in [6.45, 7) is 6.66. The molecule has 0 aliphatic carbocycles. The SMILES string of the molecule is CC[C@H](C)[C@H](NC(=O)C(=O)C(C)NC(=O)Cc1ccccc1)C(=O)N1CCCC1. The van der Waals surface area contributed by atoms with Gasteiger partial charge in [-0.2, -0.15) is 0 Å². The van der Waals surface area contributed by atoms with Crippen LogP contribution in [0.15, 0.2) is 30.3 Å². The van der Waals surface area contributed by atoms with Crippen LogP contribution in [-0.4, -0.2) is 53.6 Å². The normalized spacial score (nSPS) is 16.6. The third kappa shape index (κ3) is 6.41. The van der Waals surface area contributed by atoms with E-state index in [0.29, 0.717) is 19.5 Å². The second-order valence-electron chi connectivity index (χ2n) is 7.68. The van der Waals surface area contributed by atoms with Gasteiger partial charge in [-0.1, -0.05) is 50.6 Å². The number of amides is 3. The maximum Gasteiger partial charge on any atom is 0.290 e. The van der Waals surface area contributed by atoms with Gasteiger partial charge in [-0.25, -0.2) is 0 Å². The van der Waals surface area contributed by atoms with Gasteiger partial charge in [-0.05, 0) is 31.2 Å². The number of rotatable bonds is 9. The number of Topliss-reactive ketones (excluding diaryl/α,β-unsaturated/α-hetero) is 1. The molecule has 7 nitrogen and oxygen atoms in total. The van der Waals surface area contributed by atoms with Gasteiger partial charge >= 0.3 is 0 Å². The van der Waals surface area contributed by atoms with E-state index in [2.05, 4.69) is 10.6 Å². The van der Waals surface area contributed by atoms with E-state index in [1.165, 1.54) is 6.92 Å². The molecule has 1 saturated heterocycles. The second kappa shape index (κ2) is 10.7. The highest BCUT2D eigenvalue weighted by molar-refractivity contribution is 6.38. The van der Waals surface area contributed by atoms with Crippen LogP contribution in [0.25, 0.3) is 0 Å². The lowest BCUT2D eigenvalue weighted by atomic mass is 9.97. The van der Waals surface area contributed by atoms with Gasteiger partial charge in [0.05, 0.1) is 12.5 Å². The van der Waals surface area contributed by atoms with Crippen molar-refractivity contribution < 1.29 is 19.2 Å². The van der Waals surface area contributed by atoms with Gasteiger partial charge in [0.25, 0.3) is 5.91 Å². The first-order valence-electron chi connectivity index (χ1n) is 10.3.